The second-order valence-corrected chi connectivity index (χ2v) is 7.61. The number of nitrogens with zero attached hydrogens (tertiary/aromatic N) is 1. The van der Waals surface area contributed by atoms with E-state index in [-0.39, 0.29) is 18.0 Å². The molecule has 1 aliphatic rings. The van der Waals surface area contributed by atoms with Gasteiger partial charge in [-0.05, 0) is 50.9 Å². The lowest BCUT2D eigenvalue weighted by atomic mass is 10.1. The molecule has 2 atom stereocenters. The van der Waals surface area contributed by atoms with Crippen LogP contribution in [0.1, 0.15) is 41.1 Å². The summed E-state index contributed by atoms with van der Waals surface area (Å²) < 4.78 is 0. The van der Waals surface area contributed by atoms with E-state index in [1.807, 2.05) is 6.07 Å². The van der Waals surface area contributed by atoms with E-state index in [0.29, 0.717) is 0 Å². The van der Waals surface area contributed by atoms with Crippen molar-refractivity contribution in [2.45, 2.75) is 45.3 Å². The highest BCUT2D eigenvalue weighted by molar-refractivity contribution is 7.12. The zero-order valence-electron chi connectivity index (χ0n) is 13.8. The van der Waals surface area contributed by atoms with E-state index < -0.39 is 0 Å². The molecular weight excluding hydrogens is 304 g/mol. The molecule has 4 heteroatoms. The Kier molecular flexibility index (Phi) is 5.13. The maximum absolute atomic E-state index is 12.7. The van der Waals surface area contributed by atoms with Gasteiger partial charge in [0.15, 0.2) is 0 Å². The highest BCUT2D eigenvalue weighted by Crippen LogP contribution is 2.24. The lowest BCUT2D eigenvalue weighted by Gasteiger charge is -2.25. The van der Waals surface area contributed by atoms with Crippen LogP contribution in [0.2, 0.25) is 0 Å². The van der Waals surface area contributed by atoms with E-state index in [1.165, 1.54) is 15.3 Å². The van der Waals surface area contributed by atoms with Gasteiger partial charge in [-0.3, -0.25) is 9.69 Å². The average Bonchev–Trinajstić information content (AvgIpc) is 3.17. The second-order valence-electron chi connectivity index (χ2n) is 6.29. The first-order valence-corrected chi connectivity index (χ1v) is 9.10. The average molecular weight is 328 g/mol. The Morgan fingerprint density at radius 1 is 1.30 bits per heavy atom. The van der Waals surface area contributed by atoms with Crippen LogP contribution in [0.3, 0.4) is 0 Å². The summed E-state index contributed by atoms with van der Waals surface area (Å²) in [5.74, 6) is 0.164. The number of benzene rings is 1. The van der Waals surface area contributed by atoms with Crippen molar-refractivity contribution in [3.63, 3.8) is 0 Å². The van der Waals surface area contributed by atoms with Gasteiger partial charge in [-0.15, -0.1) is 11.3 Å². The minimum absolute atomic E-state index is 0.00119. The van der Waals surface area contributed by atoms with E-state index in [1.54, 1.807) is 11.3 Å². The van der Waals surface area contributed by atoms with Gasteiger partial charge in [0.05, 0.1) is 12.1 Å². The van der Waals surface area contributed by atoms with Crippen LogP contribution in [-0.2, 0) is 11.3 Å². The highest BCUT2D eigenvalue weighted by Gasteiger charge is 2.31. The molecule has 1 fully saturated rings. The van der Waals surface area contributed by atoms with Crippen LogP contribution in [-0.4, -0.2) is 23.4 Å². The molecule has 122 valence electrons. The minimum atomic E-state index is -0.00119. The fourth-order valence-corrected chi connectivity index (χ4v) is 4.08. The van der Waals surface area contributed by atoms with Gasteiger partial charge in [0.1, 0.15) is 0 Å². The molecule has 0 aliphatic carbocycles. The lowest BCUT2D eigenvalue weighted by Crippen LogP contribution is -2.43. The molecule has 3 nitrogen and oxygen atoms in total. The fraction of sp³-hybridized carbons (Fsp3) is 0.421. The summed E-state index contributed by atoms with van der Waals surface area (Å²) in [5, 5.41) is 3.20. The van der Waals surface area contributed by atoms with E-state index in [4.69, 9.17) is 0 Å². The number of rotatable bonds is 5. The summed E-state index contributed by atoms with van der Waals surface area (Å²) in [4.78, 5) is 17.5. The van der Waals surface area contributed by atoms with Crippen molar-refractivity contribution >= 4 is 17.2 Å². The Balaban J connectivity index is 1.61. The van der Waals surface area contributed by atoms with Crippen LogP contribution in [0.4, 0.5) is 0 Å². The molecule has 0 unspecified atom stereocenters. The summed E-state index contributed by atoms with van der Waals surface area (Å²) in [6.07, 6.45) is 2.05. The normalized spacial score (nSPS) is 19.7. The number of amides is 1. The molecule has 0 spiro atoms. The van der Waals surface area contributed by atoms with Crippen LogP contribution in [0.15, 0.2) is 42.5 Å². The van der Waals surface area contributed by atoms with Crippen LogP contribution in [0, 0.1) is 6.92 Å². The maximum Gasteiger partial charge on any atom is 0.237 e. The van der Waals surface area contributed by atoms with Gasteiger partial charge in [-0.1, -0.05) is 30.3 Å². The van der Waals surface area contributed by atoms with Crippen LogP contribution < -0.4 is 5.32 Å². The standard InChI is InChI=1S/C19H24N2OS/c1-14-10-11-18(23-14)15(2)20-19(22)17-9-6-12-21(17)13-16-7-4-3-5-8-16/h3-5,7-8,10-11,15,17H,6,9,12-13H2,1-2H3,(H,20,22)/t15-,17-/m1/s1. The molecular formula is C19H24N2OS. The number of thiophene rings is 1. The van der Waals surface area contributed by atoms with Gasteiger partial charge < -0.3 is 5.32 Å². The Bertz CT molecular complexity index is 652. The third-order valence-electron chi connectivity index (χ3n) is 4.44. The number of nitrogens with one attached hydrogen (secondary N) is 1. The van der Waals surface area contributed by atoms with Crippen molar-refractivity contribution < 1.29 is 4.79 Å². The van der Waals surface area contributed by atoms with E-state index in [0.717, 1.165) is 25.9 Å². The molecule has 3 rings (SSSR count). The maximum atomic E-state index is 12.7. The predicted molar refractivity (Wildman–Crippen MR) is 95.5 cm³/mol. The largest absolute Gasteiger partial charge is 0.347 e. The first kappa shape index (κ1) is 16.2. The van der Waals surface area contributed by atoms with Crippen molar-refractivity contribution in [3.8, 4) is 0 Å². The Morgan fingerprint density at radius 3 is 2.78 bits per heavy atom. The Labute approximate surface area is 142 Å². The molecule has 1 aromatic heterocycles. The van der Waals surface area contributed by atoms with Gasteiger partial charge >= 0.3 is 0 Å². The molecule has 0 radical (unpaired) electrons. The predicted octanol–water partition coefficient (Wildman–Crippen LogP) is 3.90. The summed E-state index contributed by atoms with van der Waals surface area (Å²) in [6.45, 7) is 6.02. The summed E-state index contributed by atoms with van der Waals surface area (Å²) >= 11 is 1.76. The topological polar surface area (TPSA) is 32.3 Å². The van der Waals surface area contributed by atoms with E-state index in [9.17, 15) is 4.79 Å². The zero-order valence-corrected chi connectivity index (χ0v) is 14.6. The number of carbonyl (C=O) groups excluding carboxylic acids is 1. The van der Waals surface area contributed by atoms with Gasteiger partial charge in [0.2, 0.25) is 5.91 Å². The minimum Gasteiger partial charge on any atom is -0.347 e. The zero-order chi connectivity index (χ0) is 16.2. The van der Waals surface area contributed by atoms with Crippen LogP contribution >= 0.6 is 11.3 Å². The lowest BCUT2D eigenvalue weighted by molar-refractivity contribution is -0.126. The van der Waals surface area contributed by atoms with E-state index in [2.05, 4.69) is 60.5 Å². The van der Waals surface area contributed by atoms with Gasteiger partial charge in [0, 0.05) is 16.3 Å². The SMILES string of the molecule is Cc1ccc([C@@H](C)NC(=O)[C@H]2CCCN2Cc2ccccc2)s1. The van der Waals surface area contributed by atoms with E-state index >= 15 is 0 Å². The number of carbonyl (C=O) groups is 1. The number of hydrogen-bond donors (Lipinski definition) is 1. The van der Waals surface area contributed by atoms with Crippen molar-refractivity contribution in [2.75, 3.05) is 6.54 Å². The fourth-order valence-electron chi connectivity index (χ4n) is 3.20. The molecule has 1 saturated heterocycles. The molecule has 1 amide bonds. The molecule has 2 heterocycles. The van der Waals surface area contributed by atoms with Crippen molar-refractivity contribution in [3.05, 3.63) is 57.8 Å². The van der Waals surface area contributed by atoms with Crippen LogP contribution in [0.5, 0.6) is 0 Å². The van der Waals surface area contributed by atoms with Gasteiger partial charge in [0.25, 0.3) is 0 Å². The molecule has 1 aliphatic heterocycles. The highest BCUT2D eigenvalue weighted by atomic mass is 32.1. The van der Waals surface area contributed by atoms with Gasteiger partial charge in [-0.25, -0.2) is 0 Å². The van der Waals surface area contributed by atoms with Crippen molar-refractivity contribution in [2.24, 2.45) is 0 Å². The quantitative estimate of drug-likeness (QED) is 0.903. The van der Waals surface area contributed by atoms with Crippen molar-refractivity contribution in [1.82, 2.24) is 10.2 Å². The molecule has 1 N–H and O–H groups in total. The van der Waals surface area contributed by atoms with Gasteiger partial charge in [-0.2, -0.15) is 0 Å². The number of hydrogen-bond acceptors (Lipinski definition) is 3. The molecule has 23 heavy (non-hydrogen) atoms. The summed E-state index contributed by atoms with van der Waals surface area (Å²) in [5.41, 5.74) is 1.27. The molecule has 1 aromatic carbocycles. The molecule has 0 bridgehead atoms. The second kappa shape index (κ2) is 7.28. The first-order valence-electron chi connectivity index (χ1n) is 8.28. The smallest absolute Gasteiger partial charge is 0.237 e. The molecule has 2 aromatic rings. The third kappa shape index (κ3) is 4.01. The Morgan fingerprint density at radius 2 is 2.09 bits per heavy atom. The summed E-state index contributed by atoms with van der Waals surface area (Å²) in [7, 11) is 0. The first-order chi connectivity index (χ1) is 11.1. The van der Waals surface area contributed by atoms with Crippen LogP contribution in [0.25, 0.3) is 0 Å². The van der Waals surface area contributed by atoms with Crippen molar-refractivity contribution in [1.29, 1.82) is 0 Å². The molecule has 0 saturated carbocycles. The monoisotopic (exact) mass is 328 g/mol. The third-order valence-corrected chi connectivity index (χ3v) is 5.62. The summed E-state index contributed by atoms with van der Waals surface area (Å²) in [6, 6.07) is 14.7. The number of aryl methyl sites for hydroxylation is 1. The number of likely N-dealkylation sites (tertiary alicyclic amines) is 1. The Hall–Kier alpha value is -1.65.